The van der Waals surface area contributed by atoms with Crippen molar-refractivity contribution >= 4 is 46.4 Å². The van der Waals surface area contributed by atoms with Crippen LogP contribution in [0.25, 0.3) is 55.7 Å². The van der Waals surface area contributed by atoms with Crippen LogP contribution in [-0.2, 0) is 33.6 Å². The zero-order valence-electron chi connectivity index (χ0n) is 26.9. The molecule has 7 rings (SSSR count). The number of furan rings is 1. The molecule has 1 radical (unpaired) electrons. The maximum atomic E-state index is 6.11. The normalized spacial score (nSPS) is 11.6. The van der Waals surface area contributed by atoms with E-state index in [2.05, 4.69) is 80.0 Å². The summed E-state index contributed by atoms with van der Waals surface area (Å²) in [6.45, 7) is 13.7. The minimum absolute atomic E-state index is 0. The van der Waals surface area contributed by atoms with Crippen LogP contribution in [0.1, 0.15) is 25.1 Å². The van der Waals surface area contributed by atoms with Gasteiger partial charge in [0.05, 0.1) is 25.0 Å². The summed E-state index contributed by atoms with van der Waals surface area (Å²) >= 11 is 0. The van der Waals surface area contributed by atoms with Crippen LogP contribution in [0.5, 0.6) is 0 Å². The Morgan fingerprint density at radius 3 is 2.40 bits per heavy atom. The minimum Gasteiger partial charge on any atom is -0.501 e. The van der Waals surface area contributed by atoms with Crippen LogP contribution in [-0.4, -0.2) is 27.6 Å². The predicted molar refractivity (Wildman–Crippen MR) is 185 cm³/mol. The first kappa shape index (κ1) is 32.5. The molecule has 4 heterocycles. The third kappa shape index (κ3) is 6.71. The summed E-state index contributed by atoms with van der Waals surface area (Å²) in [5, 5.41) is 3.68. The van der Waals surface area contributed by atoms with Crippen LogP contribution in [0, 0.1) is 25.0 Å². The molecule has 0 aliphatic carbocycles. The number of nitrogens with zero attached hydrogens (tertiary/aromatic N) is 4. The number of hydrogen-bond donors (Lipinski definition) is 0. The molecule has 0 unspecified atom stereocenters. The maximum absolute atomic E-state index is 6.11. The van der Waals surface area contributed by atoms with Gasteiger partial charge in [-0.25, -0.2) is 4.98 Å². The van der Waals surface area contributed by atoms with Crippen LogP contribution >= 0.6 is 0 Å². The van der Waals surface area contributed by atoms with E-state index in [-0.39, 0.29) is 20.1 Å². The Kier molecular flexibility index (Phi) is 9.54. The number of fused-ring (bicyclic) bond motifs is 4. The molecule has 45 heavy (non-hydrogen) atoms. The molecule has 0 amide bonds. The van der Waals surface area contributed by atoms with E-state index in [1.54, 1.807) is 0 Å². The van der Waals surface area contributed by atoms with Crippen molar-refractivity contribution in [2.45, 2.75) is 46.8 Å². The van der Waals surface area contributed by atoms with Gasteiger partial charge < -0.3 is 14.0 Å². The molecule has 0 aliphatic heterocycles. The summed E-state index contributed by atoms with van der Waals surface area (Å²) in [6.07, 6.45) is 3.24. The summed E-state index contributed by atoms with van der Waals surface area (Å²) in [6, 6.07) is 33.0. The van der Waals surface area contributed by atoms with Gasteiger partial charge in [0.1, 0.15) is 5.58 Å². The Balaban J connectivity index is 0.000000177. The number of aryl methyl sites for hydroxylation is 2. The molecule has 3 aromatic carbocycles. The van der Waals surface area contributed by atoms with Crippen LogP contribution in [0.3, 0.4) is 0 Å². The van der Waals surface area contributed by atoms with Gasteiger partial charge in [0.25, 0.3) is 0 Å². The predicted octanol–water partition coefficient (Wildman–Crippen LogP) is 8.93. The van der Waals surface area contributed by atoms with Gasteiger partial charge in [-0.15, -0.1) is 54.1 Å². The Bertz CT molecular complexity index is 2090. The van der Waals surface area contributed by atoms with Gasteiger partial charge in [-0.05, 0) is 48.3 Å². The van der Waals surface area contributed by atoms with E-state index in [1.807, 2.05) is 79.2 Å². The number of aromatic nitrogens is 4. The molecule has 0 bridgehead atoms. The number of benzene rings is 3. The Hall–Kier alpha value is -3.90. The third-order valence-corrected chi connectivity index (χ3v) is 9.92. The first-order valence-corrected chi connectivity index (χ1v) is 18.7. The second-order valence-corrected chi connectivity index (χ2v) is 17.9. The molecule has 0 saturated carbocycles. The van der Waals surface area contributed by atoms with Crippen molar-refractivity contribution in [1.82, 2.24) is 19.5 Å². The van der Waals surface area contributed by atoms with Gasteiger partial charge in [-0.1, -0.05) is 74.3 Å². The molecule has 0 saturated heterocycles. The summed E-state index contributed by atoms with van der Waals surface area (Å²) in [5.41, 5.74) is 8.85. The zero-order chi connectivity index (χ0) is 31.0. The van der Waals surface area contributed by atoms with Crippen molar-refractivity contribution < 1.29 is 24.5 Å². The largest absolute Gasteiger partial charge is 0.501 e. The Morgan fingerprint density at radius 2 is 1.67 bits per heavy atom. The molecule has 7 aromatic rings. The summed E-state index contributed by atoms with van der Waals surface area (Å²) < 4.78 is 8.15. The molecule has 0 fully saturated rings. The molecule has 5 nitrogen and oxygen atoms in total. The van der Waals surface area contributed by atoms with Crippen molar-refractivity contribution in [3.63, 3.8) is 0 Å². The van der Waals surface area contributed by atoms with E-state index in [4.69, 9.17) is 9.40 Å². The third-order valence-electron chi connectivity index (χ3n) is 7.86. The monoisotopic (exact) mass is 787 g/mol. The zero-order valence-corrected chi connectivity index (χ0v) is 30.3. The van der Waals surface area contributed by atoms with E-state index in [0.717, 1.165) is 67.9 Å². The number of imidazole rings is 1. The van der Waals surface area contributed by atoms with Crippen LogP contribution in [0.4, 0.5) is 0 Å². The number of pyridine rings is 2. The number of para-hydroxylation sites is 1. The molecule has 0 atom stereocenters. The minimum atomic E-state index is -1.34. The standard InChI is InChI=1S/C20H14N3O.C18H24NSi.Ir/c1-12-10-11-16-19(21-12)22-20(23(16)2)15-8-5-7-14-13-6-3-4-9-17(13)24-18(14)15;1-14(2)11-16-12-17(15-9-7-6-8-10-15)19-13-18(16)20(3,4)5;/h3-7,9-11H,1-2H3;6-9,12-14H,11H2,1-5H3;/q2*-1;. The fraction of sp³-hybridized carbons (Fsp3) is 0.237. The molecular formula is C38H38IrN4OSi-2. The maximum Gasteiger partial charge on any atom is 0.168 e. The second kappa shape index (κ2) is 13.2. The topological polar surface area (TPSA) is 56.7 Å². The second-order valence-electron chi connectivity index (χ2n) is 12.8. The average Bonchev–Trinajstić information content (AvgIpc) is 3.54. The molecular weight excluding hydrogens is 749 g/mol. The Morgan fingerprint density at radius 1 is 0.889 bits per heavy atom. The van der Waals surface area contributed by atoms with Crippen molar-refractivity contribution in [3.8, 4) is 22.6 Å². The van der Waals surface area contributed by atoms with Crippen molar-refractivity contribution in [2.75, 3.05) is 0 Å². The number of rotatable bonds is 5. The van der Waals surface area contributed by atoms with E-state index in [0.29, 0.717) is 5.92 Å². The summed E-state index contributed by atoms with van der Waals surface area (Å²) in [5.74, 6) is 1.48. The first-order chi connectivity index (χ1) is 21.1. The summed E-state index contributed by atoms with van der Waals surface area (Å²) in [4.78, 5) is 13.9. The number of hydrogen-bond acceptors (Lipinski definition) is 4. The molecule has 4 aromatic heterocycles. The van der Waals surface area contributed by atoms with Gasteiger partial charge in [0.15, 0.2) is 5.65 Å². The molecule has 0 aliphatic rings. The van der Waals surface area contributed by atoms with Gasteiger partial charge in [-0.3, -0.25) is 4.98 Å². The van der Waals surface area contributed by atoms with Crippen LogP contribution in [0.15, 0.2) is 89.5 Å². The Labute approximate surface area is 280 Å². The van der Waals surface area contributed by atoms with Crippen molar-refractivity contribution in [2.24, 2.45) is 13.0 Å². The fourth-order valence-corrected chi connectivity index (χ4v) is 7.32. The average molecular weight is 787 g/mol. The molecule has 0 spiro atoms. The van der Waals surface area contributed by atoms with Gasteiger partial charge in [-0.2, -0.15) is 0 Å². The van der Waals surface area contributed by atoms with E-state index >= 15 is 0 Å². The first-order valence-electron chi connectivity index (χ1n) is 15.2. The van der Waals surface area contributed by atoms with Gasteiger partial charge in [0, 0.05) is 44.4 Å². The van der Waals surface area contributed by atoms with Gasteiger partial charge in [0.2, 0.25) is 0 Å². The molecule has 231 valence electrons. The van der Waals surface area contributed by atoms with E-state index in [1.165, 1.54) is 10.8 Å². The SMILES string of the molecule is CC(C)Cc1cc(-c2[c-]cccc2)ncc1[Si](C)(C)C.Cc1ccc2c(n1)nc(-c1[c-]ccc3c1oc1ccccc13)n2C.[Ir]. The smallest absolute Gasteiger partial charge is 0.168 e. The van der Waals surface area contributed by atoms with Crippen molar-refractivity contribution in [1.29, 1.82) is 0 Å². The van der Waals surface area contributed by atoms with Gasteiger partial charge >= 0.3 is 0 Å². The fourth-order valence-electron chi connectivity index (χ4n) is 5.73. The molecule has 7 heteroatoms. The molecule has 0 N–H and O–H groups in total. The van der Waals surface area contributed by atoms with Crippen LogP contribution < -0.4 is 5.19 Å². The van der Waals surface area contributed by atoms with Crippen molar-refractivity contribution in [3.05, 3.63) is 108 Å². The van der Waals surface area contributed by atoms with Crippen LogP contribution in [0.2, 0.25) is 19.6 Å². The van der Waals surface area contributed by atoms with E-state index < -0.39 is 8.07 Å². The quantitative estimate of drug-likeness (QED) is 0.129. The summed E-state index contributed by atoms with van der Waals surface area (Å²) in [7, 11) is 0.656. The van der Waals surface area contributed by atoms with E-state index in [9.17, 15) is 0 Å².